The van der Waals surface area contributed by atoms with E-state index in [0.717, 1.165) is 11.3 Å². The molecule has 0 saturated carbocycles. The zero-order chi connectivity index (χ0) is 16.4. The molecule has 1 saturated heterocycles. The van der Waals surface area contributed by atoms with Crippen molar-refractivity contribution in [2.45, 2.75) is 25.9 Å². The van der Waals surface area contributed by atoms with Gasteiger partial charge in [-0.1, -0.05) is 17.7 Å². The molecule has 3 N–H and O–H groups in total. The van der Waals surface area contributed by atoms with Crippen molar-refractivity contribution in [3.8, 4) is 0 Å². The molecule has 0 aliphatic carbocycles. The van der Waals surface area contributed by atoms with E-state index < -0.39 is 6.04 Å². The molecule has 0 spiro atoms. The molecule has 24 heavy (non-hydrogen) atoms. The van der Waals surface area contributed by atoms with Gasteiger partial charge in [0.25, 0.3) is 5.91 Å². The molecule has 8 heteroatoms. The minimum absolute atomic E-state index is 0. The molecule has 0 radical (unpaired) electrons. The second-order valence-corrected chi connectivity index (χ2v) is 6.41. The number of carbonyl (C=O) groups excluding carboxylic acids is 2. The summed E-state index contributed by atoms with van der Waals surface area (Å²) in [6.07, 6.45) is 0.590. The third-order valence-electron chi connectivity index (χ3n) is 3.82. The molecule has 1 unspecified atom stereocenters. The lowest BCUT2D eigenvalue weighted by Crippen LogP contribution is -2.41. The van der Waals surface area contributed by atoms with Crippen LogP contribution in [-0.4, -0.2) is 29.4 Å². The average Bonchev–Trinajstić information content (AvgIpc) is 3.16. The van der Waals surface area contributed by atoms with Crippen LogP contribution in [0.5, 0.6) is 0 Å². The predicted octanol–water partition coefficient (Wildman–Crippen LogP) is 1.87. The van der Waals surface area contributed by atoms with Crippen molar-refractivity contribution in [2.75, 3.05) is 11.4 Å². The lowest BCUT2D eigenvalue weighted by molar-refractivity contribution is -0.118. The summed E-state index contributed by atoms with van der Waals surface area (Å²) in [6.45, 7) is 2.90. The van der Waals surface area contributed by atoms with Crippen LogP contribution in [0.3, 0.4) is 0 Å². The highest BCUT2D eigenvalue weighted by Gasteiger charge is 2.34. The lowest BCUT2D eigenvalue weighted by Gasteiger charge is -2.17. The number of thiazole rings is 1. The van der Waals surface area contributed by atoms with Crippen molar-refractivity contribution in [1.29, 1.82) is 0 Å². The number of hydrogen-bond acceptors (Lipinski definition) is 5. The third-order valence-corrected chi connectivity index (χ3v) is 4.69. The van der Waals surface area contributed by atoms with Gasteiger partial charge in [-0.05, 0) is 25.5 Å². The fourth-order valence-electron chi connectivity index (χ4n) is 2.54. The fourth-order valence-corrected chi connectivity index (χ4v) is 3.19. The number of nitrogens with one attached hydrogen (secondary N) is 1. The van der Waals surface area contributed by atoms with E-state index in [1.165, 1.54) is 11.3 Å². The minimum Gasteiger partial charge on any atom is -0.339 e. The van der Waals surface area contributed by atoms with Crippen LogP contribution in [0, 0.1) is 6.92 Å². The monoisotopic (exact) mass is 366 g/mol. The van der Waals surface area contributed by atoms with Gasteiger partial charge < -0.3 is 16.0 Å². The van der Waals surface area contributed by atoms with Gasteiger partial charge in [-0.3, -0.25) is 9.59 Å². The van der Waals surface area contributed by atoms with Crippen LogP contribution in [0.25, 0.3) is 0 Å². The van der Waals surface area contributed by atoms with E-state index in [1.54, 1.807) is 10.3 Å². The van der Waals surface area contributed by atoms with Crippen LogP contribution < -0.4 is 16.0 Å². The fraction of sp³-hybridized carbons (Fsp3) is 0.312. The molecule has 3 rings (SSSR count). The predicted molar refractivity (Wildman–Crippen MR) is 96.7 cm³/mol. The number of aromatic nitrogens is 1. The van der Waals surface area contributed by atoms with Crippen molar-refractivity contribution >= 4 is 41.2 Å². The number of nitrogens with two attached hydrogens (primary N) is 1. The molecule has 2 heterocycles. The Morgan fingerprint density at radius 1 is 1.42 bits per heavy atom. The van der Waals surface area contributed by atoms with Crippen LogP contribution in [0.4, 0.5) is 5.69 Å². The van der Waals surface area contributed by atoms with Crippen LogP contribution >= 0.6 is 23.7 Å². The van der Waals surface area contributed by atoms with Gasteiger partial charge in [0.2, 0.25) is 5.91 Å². The molecule has 1 atom stereocenters. The maximum absolute atomic E-state index is 12.5. The smallest absolute Gasteiger partial charge is 0.271 e. The Labute approximate surface area is 150 Å². The molecule has 2 aromatic rings. The summed E-state index contributed by atoms with van der Waals surface area (Å²) in [7, 11) is 0. The van der Waals surface area contributed by atoms with Crippen molar-refractivity contribution in [3.63, 3.8) is 0 Å². The molecule has 1 aromatic heterocycles. The molecule has 1 fully saturated rings. The second kappa shape index (κ2) is 7.74. The van der Waals surface area contributed by atoms with Crippen molar-refractivity contribution in [1.82, 2.24) is 10.3 Å². The maximum atomic E-state index is 12.5. The highest BCUT2D eigenvalue weighted by molar-refractivity contribution is 7.09. The molecule has 1 aromatic carbocycles. The van der Waals surface area contributed by atoms with Crippen LogP contribution in [0.1, 0.15) is 27.5 Å². The normalized spacial score (nSPS) is 16.8. The van der Waals surface area contributed by atoms with Gasteiger partial charge >= 0.3 is 0 Å². The van der Waals surface area contributed by atoms with Gasteiger partial charge in [0, 0.05) is 24.2 Å². The number of anilines is 1. The van der Waals surface area contributed by atoms with Crippen molar-refractivity contribution in [3.05, 3.63) is 45.9 Å². The summed E-state index contributed by atoms with van der Waals surface area (Å²) in [5, 5.41) is 5.13. The van der Waals surface area contributed by atoms with Gasteiger partial charge in [0.05, 0.1) is 0 Å². The highest BCUT2D eigenvalue weighted by Crippen LogP contribution is 2.22. The maximum Gasteiger partial charge on any atom is 0.271 e. The Balaban J connectivity index is 0.00000208. The zero-order valence-electron chi connectivity index (χ0n) is 13.2. The molecule has 6 nitrogen and oxygen atoms in total. The number of halogens is 1. The SMILES string of the molecule is Cc1ccc(N2CCC(NC(=O)c3csc(CN)n3)C2=O)cc1.Cl. The Morgan fingerprint density at radius 2 is 2.12 bits per heavy atom. The highest BCUT2D eigenvalue weighted by atomic mass is 35.5. The van der Waals surface area contributed by atoms with Crippen LogP contribution in [0.15, 0.2) is 29.6 Å². The number of aryl methyl sites for hydroxylation is 1. The molecular formula is C16H19ClN4O2S. The average molecular weight is 367 g/mol. The number of hydrogen-bond donors (Lipinski definition) is 2. The Bertz CT molecular complexity index is 732. The van der Waals surface area contributed by atoms with Crippen LogP contribution in [0.2, 0.25) is 0 Å². The van der Waals surface area contributed by atoms with E-state index in [2.05, 4.69) is 10.3 Å². The molecule has 1 aliphatic rings. The second-order valence-electron chi connectivity index (χ2n) is 5.47. The zero-order valence-corrected chi connectivity index (χ0v) is 14.8. The topological polar surface area (TPSA) is 88.3 Å². The summed E-state index contributed by atoms with van der Waals surface area (Å²) >= 11 is 1.34. The number of carbonyl (C=O) groups is 2. The van der Waals surface area contributed by atoms with Crippen molar-refractivity contribution < 1.29 is 9.59 Å². The molecule has 1 aliphatic heterocycles. The minimum atomic E-state index is -0.508. The van der Waals surface area contributed by atoms with E-state index in [0.29, 0.717) is 30.2 Å². The van der Waals surface area contributed by atoms with Gasteiger partial charge in [0.15, 0.2) is 0 Å². The Hall–Kier alpha value is -1.96. The largest absolute Gasteiger partial charge is 0.339 e. The summed E-state index contributed by atoms with van der Waals surface area (Å²) < 4.78 is 0. The standard InChI is InChI=1S/C16H18N4O2S.ClH/c1-10-2-4-11(5-3-10)20-7-6-12(16(20)22)19-15(21)13-9-23-14(8-17)18-13;/h2-5,9,12H,6-8,17H2,1H3,(H,19,21);1H. The van der Waals surface area contributed by atoms with E-state index in [9.17, 15) is 9.59 Å². The first-order valence-corrected chi connectivity index (χ1v) is 8.30. The molecule has 2 amide bonds. The van der Waals surface area contributed by atoms with Crippen molar-refractivity contribution in [2.24, 2.45) is 5.73 Å². The Morgan fingerprint density at radius 3 is 2.75 bits per heavy atom. The lowest BCUT2D eigenvalue weighted by atomic mass is 10.2. The van der Waals surface area contributed by atoms with E-state index >= 15 is 0 Å². The first kappa shape index (κ1) is 18.4. The van der Waals surface area contributed by atoms with E-state index in [1.807, 2.05) is 31.2 Å². The molecule has 128 valence electrons. The summed E-state index contributed by atoms with van der Waals surface area (Å²) in [6, 6.07) is 7.28. The quantitative estimate of drug-likeness (QED) is 0.864. The van der Waals surface area contributed by atoms with E-state index in [-0.39, 0.29) is 24.2 Å². The summed E-state index contributed by atoms with van der Waals surface area (Å²) in [5.41, 5.74) is 7.82. The molecule has 0 bridgehead atoms. The Kier molecular flexibility index (Phi) is 5.93. The van der Waals surface area contributed by atoms with Crippen LogP contribution in [-0.2, 0) is 11.3 Å². The first-order valence-electron chi connectivity index (χ1n) is 7.42. The third kappa shape index (κ3) is 3.75. The summed E-state index contributed by atoms with van der Waals surface area (Å²) in [5.74, 6) is -0.415. The van der Waals surface area contributed by atoms with Gasteiger partial charge in [-0.15, -0.1) is 23.7 Å². The van der Waals surface area contributed by atoms with Gasteiger partial charge in [-0.2, -0.15) is 0 Å². The van der Waals surface area contributed by atoms with Gasteiger partial charge in [-0.25, -0.2) is 4.98 Å². The number of benzene rings is 1. The number of rotatable bonds is 4. The van der Waals surface area contributed by atoms with E-state index in [4.69, 9.17) is 5.73 Å². The number of amides is 2. The number of nitrogens with zero attached hydrogens (tertiary/aromatic N) is 2. The van der Waals surface area contributed by atoms with Gasteiger partial charge in [0.1, 0.15) is 16.7 Å². The first-order chi connectivity index (χ1) is 11.1. The molecular weight excluding hydrogens is 348 g/mol. The summed E-state index contributed by atoms with van der Waals surface area (Å²) in [4.78, 5) is 30.5.